The van der Waals surface area contributed by atoms with Crippen LogP contribution in [0, 0.1) is 11.8 Å². The Balaban J connectivity index is 1.16. The Hall–Kier alpha value is -2.33. The Morgan fingerprint density at radius 2 is 1.74 bits per heavy atom. The Labute approximate surface area is 161 Å². The molecule has 0 unspecified atom stereocenters. The lowest BCUT2D eigenvalue weighted by molar-refractivity contribution is 0.0935. The fraction of sp³-hybridized carbons (Fsp3) is 0.435. The number of rotatable bonds is 6. The van der Waals surface area contributed by atoms with Crippen molar-refractivity contribution in [3.05, 3.63) is 65.7 Å². The van der Waals surface area contributed by atoms with Gasteiger partial charge in [-0.3, -0.25) is 4.79 Å². The molecule has 4 nitrogen and oxygen atoms in total. The van der Waals surface area contributed by atoms with Gasteiger partial charge >= 0.3 is 0 Å². The van der Waals surface area contributed by atoms with Crippen molar-refractivity contribution >= 4 is 5.91 Å². The maximum atomic E-state index is 12.2. The number of phenols is 1. The number of nitrogens with one attached hydrogen (secondary N) is 1. The van der Waals surface area contributed by atoms with E-state index < -0.39 is 0 Å². The van der Waals surface area contributed by atoms with E-state index in [-0.39, 0.29) is 11.7 Å². The van der Waals surface area contributed by atoms with Crippen molar-refractivity contribution in [3.8, 4) is 5.75 Å². The van der Waals surface area contributed by atoms with E-state index in [1.165, 1.54) is 18.5 Å². The molecular weight excluding hydrogens is 336 g/mol. The third-order valence-corrected chi connectivity index (χ3v) is 6.03. The highest BCUT2D eigenvalue weighted by Crippen LogP contribution is 2.47. The van der Waals surface area contributed by atoms with E-state index in [2.05, 4.69) is 40.5 Å². The van der Waals surface area contributed by atoms with Gasteiger partial charge in [0, 0.05) is 18.7 Å². The van der Waals surface area contributed by atoms with Crippen LogP contribution in [0.25, 0.3) is 0 Å². The van der Waals surface area contributed by atoms with Crippen molar-refractivity contribution in [2.45, 2.75) is 25.2 Å². The summed E-state index contributed by atoms with van der Waals surface area (Å²) >= 11 is 0. The zero-order chi connectivity index (χ0) is 18.6. The molecule has 2 aromatic rings. The van der Waals surface area contributed by atoms with Crippen molar-refractivity contribution < 1.29 is 9.90 Å². The number of amides is 1. The molecule has 142 valence electrons. The Kier molecular flexibility index (Phi) is 5.44. The van der Waals surface area contributed by atoms with Crippen LogP contribution in [0.4, 0.5) is 0 Å². The molecule has 0 aromatic heterocycles. The van der Waals surface area contributed by atoms with Crippen LogP contribution in [0.15, 0.2) is 54.6 Å². The van der Waals surface area contributed by atoms with E-state index in [1.54, 1.807) is 24.3 Å². The number of hydrogen-bond acceptors (Lipinski definition) is 3. The SMILES string of the molecule is O=C(NCC1CCN(C[C@@H]2C[C@H]2c2ccccc2)CC1)c1ccc(O)cc1. The summed E-state index contributed by atoms with van der Waals surface area (Å²) in [6.45, 7) is 4.23. The van der Waals surface area contributed by atoms with Crippen molar-refractivity contribution in [1.82, 2.24) is 10.2 Å². The number of benzene rings is 2. The number of likely N-dealkylation sites (tertiary alicyclic amines) is 1. The van der Waals surface area contributed by atoms with Gasteiger partial charge in [-0.1, -0.05) is 30.3 Å². The van der Waals surface area contributed by atoms with Crippen molar-refractivity contribution in [3.63, 3.8) is 0 Å². The molecule has 4 rings (SSSR count). The lowest BCUT2D eigenvalue weighted by atomic mass is 9.96. The molecule has 1 aliphatic carbocycles. The van der Waals surface area contributed by atoms with E-state index >= 15 is 0 Å². The summed E-state index contributed by atoms with van der Waals surface area (Å²) in [7, 11) is 0. The van der Waals surface area contributed by atoms with Gasteiger partial charge in [-0.15, -0.1) is 0 Å². The van der Waals surface area contributed by atoms with Gasteiger partial charge in [0.1, 0.15) is 5.75 Å². The average molecular weight is 364 g/mol. The molecule has 0 bridgehead atoms. The van der Waals surface area contributed by atoms with E-state index in [9.17, 15) is 9.90 Å². The van der Waals surface area contributed by atoms with E-state index in [4.69, 9.17) is 0 Å². The minimum absolute atomic E-state index is 0.0545. The summed E-state index contributed by atoms with van der Waals surface area (Å²) < 4.78 is 0. The van der Waals surface area contributed by atoms with Gasteiger partial charge in [0.15, 0.2) is 0 Å². The van der Waals surface area contributed by atoms with Crippen LogP contribution >= 0.6 is 0 Å². The fourth-order valence-electron chi connectivity index (χ4n) is 4.21. The second-order valence-corrected chi connectivity index (χ2v) is 8.01. The Morgan fingerprint density at radius 1 is 1.04 bits per heavy atom. The van der Waals surface area contributed by atoms with E-state index in [0.717, 1.165) is 44.3 Å². The van der Waals surface area contributed by atoms with Crippen LogP contribution in [0.3, 0.4) is 0 Å². The predicted molar refractivity (Wildman–Crippen MR) is 107 cm³/mol. The van der Waals surface area contributed by atoms with Gasteiger partial charge in [-0.2, -0.15) is 0 Å². The number of carbonyl (C=O) groups is 1. The molecule has 0 spiro atoms. The molecule has 2 fully saturated rings. The van der Waals surface area contributed by atoms with Crippen LogP contribution < -0.4 is 5.32 Å². The first-order valence-corrected chi connectivity index (χ1v) is 10.0. The average Bonchev–Trinajstić information content (AvgIpc) is 3.47. The minimum atomic E-state index is -0.0545. The zero-order valence-electron chi connectivity index (χ0n) is 15.7. The second kappa shape index (κ2) is 8.13. The van der Waals surface area contributed by atoms with Crippen LogP contribution in [-0.4, -0.2) is 42.1 Å². The molecule has 1 aliphatic heterocycles. The summed E-state index contributed by atoms with van der Waals surface area (Å²) in [5.74, 6) is 2.27. The van der Waals surface area contributed by atoms with Crippen molar-refractivity contribution in [2.75, 3.05) is 26.2 Å². The molecule has 1 amide bonds. The first-order chi connectivity index (χ1) is 13.2. The number of phenolic OH excluding ortho intramolecular Hbond substituents is 1. The summed E-state index contributed by atoms with van der Waals surface area (Å²) in [6.07, 6.45) is 3.63. The van der Waals surface area contributed by atoms with Crippen molar-refractivity contribution in [1.29, 1.82) is 0 Å². The monoisotopic (exact) mass is 364 g/mol. The van der Waals surface area contributed by atoms with E-state index in [0.29, 0.717) is 11.5 Å². The highest BCUT2D eigenvalue weighted by molar-refractivity contribution is 5.94. The molecule has 27 heavy (non-hydrogen) atoms. The summed E-state index contributed by atoms with van der Waals surface area (Å²) in [5, 5.41) is 12.4. The van der Waals surface area contributed by atoms with Gasteiger partial charge < -0.3 is 15.3 Å². The van der Waals surface area contributed by atoms with Crippen LogP contribution in [0.1, 0.15) is 41.1 Å². The predicted octanol–water partition coefficient (Wildman–Crippen LogP) is 3.64. The maximum absolute atomic E-state index is 12.2. The molecule has 1 saturated carbocycles. The molecule has 2 aliphatic rings. The fourth-order valence-corrected chi connectivity index (χ4v) is 4.21. The summed E-state index contributed by atoms with van der Waals surface area (Å²) in [5.41, 5.74) is 2.10. The van der Waals surface area contributed by atoms with E-state index in [1.807, 2.05) is 0 Å². The highest BCUT2D eigenvalue weighted by atomic mass is 16.3. The van der Waals surface area contributed by atoms with Crippen LogP contribution in [-0.2, 0) is 0 Å². The number of piperidine rings is 1. The lowest BCUT2D eigenvalue weighted by Crippen LogP contribution is -2.39. The molecule has 4 heteroatoms. The number of aromatic hydroxyl groups is 1. The first-order valence-electron chi connectivity index (χ1n) is 10.0. The Bertz CT molecular complexity index is 752. The molecule has 2 aromatic carbocycles. The largest absolute Gasteiger partial charge is 0.508 e. The molecular formula is C23H28N2O2. The molecule has 1 heterocycles. The third-order valence-electron chi connectivity index (χ3n) is 6.03. The first kappa shape index (κ1) is 18.1. The van der Waals surface area contributed by atoms with Crippen LogP contribution in [0.2, 0.25) is 0 Å². The summed E-state index contributed by atoms with van der Waals surface area (Å²) in [4.78, 5) is 14.8. The smallest absolute Gasteiger partial charge is 0.251 e. The second-order valence-electron chi connectivity index (χ2n) is 8.01. The van der Waals surface area contributed by atoms with Gasteiger partial charge in [-0.25, -0.2) is 0 Å². The number of nitrogens with zero attached hydrogens (tertiary/aromatic N) is 1. The molecule has 1 saturated heterocycles. The topological polar surface area (TPSA) is 52.6 Å². The highest BCUT2D eigenvalue weighted by Gasteiger charge is 2.39. The Morgan fingerprint density at radius 3 is 2.44 bits per heavy atom. The van der Waals surface area contributed by atoms with Gasteiger partial charge in [0.05, 0.1) is 0 Å². The summed E-state index contributed by atoms with van der Waals surface area (Å²) in [6, 6.07) is 17.3. The van der Waals surface area contributed by atoms with Gasteiger partial charge in [0.25, 0.3) is 5.91 Å². The third kappa shape index (κ3) is 4.69. The molecule has 2 N–H and O–H groups in total. The standard InChI is InChI=1S/C23H28N2O2/c26-21-8-6-19(7-9-21)23(27)24-15-17-10-12-25(13-11-17)16-20-14-22(20)18-4-2-1-3-5-18/h1-9,17,20,22,26H,10-16H2,(H,24,27)/t20-,22-/m0/s1. The normalized spacial score (nSPS) is 23.1. The van der Waals surface area contributed by atoms with Gasteiger partial charge in [-0.05, 0) is 79.9 Å². The van der Waals surface area contributed by atoms with Crippen LogP contribution in [0.5, 0.6) is 5.75 Å². The lowest BCUT2D eigenvalue weighted by Gasteiger charge is -2.32. The van der Waals surface area contributed by atoms with Gasteiger partial charge in [0.2, 0.25) is 0 Å². The maximum Gasteiger partial charge on any atom is 0.251 e. The van der Waals surface area contributed by atoms with Crippen molar-refractivity contribution in [2.24, 2.45) is 11.8 Å². The zero-order valence-corrected chi connectivity index (χ0v) is 15.7. The number of carbonyl (C=O) groups excluding carboxylic acids is 1. The number of hydrogen-bond donors (Lipinski definition) is 2. The molecule has 2 atom stereocenters. The quantitative estimate of drug-likeness (QED) is 0.823. The minimum Gasteiger partial charge on any atom is -0.508 e. The molecule has 0 radical (unpaired) electrons.